The lowest BCUT2D eigenvalue weighted by Gasteiger charge is -2.31. The van der Waals surface area contributed by atoms with E-state index in [-0.39, 0.29) is 12.5 Å². The van der Waals surface area contributed by atoms with Crippen LogP contribution in [0.1, 0.15) is 42.5 Å². The van der Waals surface area contributed by atoms with Crippen molar-refractivity contribution in [3.63, 3.8) is 0 Å². The molecule has 6 nitrogen and oxygen atoms in total. The van der Waals surface area contributed by atoms with Gasteiger partial charge in [0.25, 0.3) is 0 Å². The van der Waals surface area contributed by atoms with Gasteiger partial charge in [0.2, 0.25) is 11.8 Å². The molecule has 0 radical (unpaired) electrons. The van der Waals surface area contributed by atoms with Crippen molar-refractivity contribution in [1.29, 1.82) is 0 Å². The van der Waals surface area contributed by atoms with Crippen molar-refractivity contribution in [3.8, 4) is 11.1 Å². The number of fused-ring (bicyclic) bond motifs is 1. The van der Waals surface area contributed by atoms with Crippen LogP contribution in [0.25, 0.3) is 22.0 Å². The van der Waals surface area contributed by atoms with Gasteiger partial charge in [-0.1, -0.05) is 43.5 Å². The second-order valence-corrected chi connectivity index (χ2v) is 8.78. The number of carbonyl (C=O) groups excluding carboxylic acids is 2. The molecule has 0 bridgehead atoms. The molecule has 0 atom stereocenters. The van der Waals surface area contributed by atoms with Crippen LogP contribution < -0.4 is 11.1 Å². The van der Waals surface area contributed by atoms with Crippen LogP contribution in [0.5, 0.6) is 0 Å². The van der Waals surface area contributed by atoms with Gasteiger partial charge < -0.3 is 20.5 Å². The summed E-state index contributed by atoms with van der Waals surface area (Å²) in [7, 11) is 2.16. The van der Waals surface area contributed by atoms with Crippen molar-refractivity contribution in [2.24, 2.45) is 5.73 Å². The van der Waals surface area contributed by atoms with Crippen molar-refractivity contribution < 1.29 is 9.59 Å². The number of likely N-dealkylation sites (N-methyl/N-ethyl adjacent to an activating group) is 1. The molecule has 4 rings (SSSR count). The van der Waals surface area contributed by atoms with Gasteiger partial charge in [-0.05, 0) is 60.7 Å². The molecule has 1 aliphatic carbocycles. The number of rotatable bonds is 8. The van der Waals surface area contributed by atoms with Crippen molar-refractivity contribution in [2.75, 3.05) is 20.1 Å². The first kappa shape index (κ1) is 22.1. The Morgan fingerprint density at radius 1 is 1.06 bits per heavy atom. The van der Waals surface area contributed by atoms with Crippen molar-refractivity contribution in [1.82, 2.24) is 14.8 Å². The highest BCUT2D eigenvalue weighted by Gasteiger charge is 2.17. The number of hydrogen-bond acceptors (Lipinski definition) is 3. The second kappa shape index (κ2) is 10.0. The van der Waals surface area contributed by atoms with Gasteiger partial charge in [-0.3, -0.25) is 9.59 Å². The lowest BCUT2D eigenvalue weighted by molar-refractivity contribution is -0.121. The largest absolute Gasteiger partial charge is 0.366 e. The van der Waals surface area contributed by atoms with Gasteiger partial charge in [0, 0.05) is 36.4 Å². The number of primary amides is 1. The highest BCUT2D eigenvalue weighted by Crippen LogP contribution is 2.26. The summed E-state index contributed by atoms with van der Waals surface area (Å²) in [6.45, 7) is 1.82. The lowest BCUT2D eigenvalue weighted by atomic mass is 9.94. The maximum atomic E-state index is 12.6. The minimum atomic E-state index is -0.442. The molecule has 1 fully saturated rings. The van der Waals surface area contributed by atoms with Crippen LogP contribution in [0.2, 0.25) is 0 Å². The molecule has 3 aromatic rings. The van der Waals surface area contributed by atoms with Crippen LogP contribution in [0.4, 0.5) is 0 Å². The van der Waals surface area contributed by atoms with Crippen LogP contribution in [0, 0.1) is 0 Å². The SMILES string of the molecule is CN(CCNC(=O)Cn1ccc2ccc(-c3cccc(C(N)=O)c3)cc21)C1CCCCC1. The monoisotopic (exact) mass is 432 g/mol. The van der Waals surface area contributed by atoms with Gasteiger partial charge in [-0.2, -0.15) is 0 Å². The van der Waals surface area contributed by atoms with E-state index >= 15 is 0 Å². The number of amides is 2. The van der Waals surface area contributed by atoms with Crippen molar-refractivity contribution in [2.45, 2.75) is 44.7 Å². The molecule has 0 aliphatic heterocycles. The zero-order chi connectivity index (χ0) is 22.5. The Kier molecular flexibility index (Phi) is 6.90. The molecule has 2 amide bonds. The molecule has 0 saturated heterocycles. The van der Waals surface area contributed by atoms with Gasteiger partial charge >= 0.3 is 0 Å². The Bertz CT molecular complexity index is 1100. The minimum Gasteiger partial charge on any atom is -0.366 e. The Morgan fingerprint density at radius 2 is 1.84 bits per heavy atom. The van der Waals surface area contributed by atoms with Crippen LogP contribution in [0.15, 0.2) is 54.7 Å². The van der Waals surface area contributed by atoms with Gasteiger partial charge in [0.1, 0.15) is 6.54 Å². The van der Waals surface area contributed by atoms with E-state index in [9.17, 15) is 9.59 Å². The van der Waals surface area contributed by atoms with E-state index < -0.39 is 5.91 Å². The maximum Gasteiger partial charge on any atom is 0.248 e. The summed E-state index contributed by atoms with van der Waals surface area (Å²) in [5, 5.41) is 4.14. The fourth-order valence-electron chi connectivity index (χ4n) is 4.64. The van der Waals surface area contributed by atoms with Crippen molar-refractivity contribution in [3.05, 3.63) is 60.3 Å². The van der Waals surface area contributed by atoms with E-state index in [4.69, 9.17) is 5.73 Å². The third-order valence-electron chi connectivity index (χ3n) is 6.55. The first-order chi connectivity index (χ1) is 15.5. The molecule has 6 heteroatoms. The number of nitrogens with two attached hydrogens (primary N) is 1. The van der Waals surface area contributed by atoms with Crippen LogP contribution in [-0.2, 0) is 11.3 Å². The second-order valence-electron chi connectivity index (χ2n) is 8.78. The average Bonchev–Trinajstić information content (AvgIpc) is 3.21. The molecule has 1 saturated carbocycles. The standard InChI is InChI=1S/C26H32N4O2/c1-29(23-8-3-2-4-9-23)15-13-28-25(31)18-30-14-12-19-10-11-21(17-24(19)30)20-6-5-7-22(16-20)26(27)32/h5-7,10-12,14,16-17,23H,2-4,8-9,13,15,18H2,1H3,(H2,27,32)(H,28,31). The van der Waals surface area contributed by atoms with E-state index in [1.807, 2.05) is 41.1 Å². The maximum absolute atomic E-state index is 12.6. The minimum absolute atomic E-state index is 0.0145. The summed E-state index contributed by atoms with van der Waals surface area (Å²) >= 11 is 0. The summed E-state index contributed by atoms with van der Waals surface area (Å²) in [4.78, 5) is 26.5. The zero-order valence-corrected chi connectivity index (χ0v) is 18.7. The van der Waals surface area contributed by atoms with E-state index in [0.29, 0.717) is 18.2 Å². The highest BCUT2D eigenvalue weighted by atomic mass is 16.2. The number of carbonyl (C=O) groups is 2. The fraction of sp³-hybridized carbons (Fsp3) is 0.385. The smallest absolute Gasteiger partial charge is 0.248 e. The Labute approximate surface area is 189 Å². The molecule has 0 unspecified atom stereocenters. The molecule has 2 aromatic carbocycles. The van der Waals surface area contributed by atoms with Gasteiger partial charge in [-0.15, -0.1) is 0 Å². The predicted molar refractivity (Wildman–Crippen MR) is 128 cm³/mol. The average molecular weight is 433 g/mol. The summed E-state index contributed by atoms with van der Waals surface area (Å²) in [6, 6.07) is 16.1. The fourth-order valence-corrected chi connectivity index (χ4v) is 4.64. The van der Waals surface area contributed by atoms with Crippen LogP contribution in [0.3, 0.4) is 0 Å². The van der Waals surface area contributed by atoms with E-state index in [0.717, 1.165) is 28.6 Å². The number of aromatic nitrogens is 1. The Morgan fingerprint density at radius 3 is 2.62 bits per heavy atom. The lowest BCUT2D eigenvalue weighted by Crippen LogP contribution is -2.40. The predicted octanol–water partition coefficient (Wildman–Crippen LogP) is 3.79. The quantitative estimate of drug-likeness (QED) is 0.568. The topological polar surface area (TPSA) is 80.4 Å². The molecule has 3 N–H and O–H groups in total. The molecule has 1 aromatic heterocycles. The van der Waals surface area contributed by atoms with Gasteiger partial charge in [-0.25, -0.2) is 0 Å². The first-order valence-corrected chi connectivity index (χ1v) is 11.5. The number of nitrogens with zero attached hydrogens (tertiary/aromatic N) is 2. The number of benzene rings is 2. The number of nitrogens with one attached hydrogen (secondary N) is 1. The molecule has 0 spiro atoms. The molecule has 168 valence electrons. The first-order valence-electron chi connectivity index (χ1n) is 11.5. The Hall–Kier alpha value is -3.12. The molecule has 1 heterocycles. The molecular weight excluding hydrogens is 400 g/mol. The van der Waals surface area contributed by atoms with E-state index in [1.165, 1.54) is 32.1 Å². The summed E-state index contributed by atoms with van der Waals surface area (Å²) in [5.74, 6) is -0.428. The normalized spacial score (nSPS) is 14.7. The highest BCUT2D eigenvalue weighted by molar-refractivity contribution is 5.94. The van der Waals surface area contributed by atoms with Crippen LogP contribution in [-0.4, -0.2) is 47.5 Å². The van der Waals surface area contributed by atoms with Gasteiger partial charge in [0.05, 0.1) is 0 Å². The third-order valence-corrected chi connectivity index (χ3v) is 6.55. The van der Waals surface area contributed by atoms with Crippen molar-refractivity contribution >= 4 is 22.7 Å². The van der Waals surface area contributed by atoms with Gasteiger partial charge in [0.15, 0.2) is 0 Å². The zero-order valence-electron chi connectivity index (χ0n) is 18.7. The summed E-state index contributed by atoms with van der Waals surface area (Å²) in [5.41, 5.74) is 8.80. The summed E-state index contributed by atoms with van der Waals surface area (Å²) in [6.07, 6.45) is 8.47. The summed E-state index contributed by atoms with van der Waals surface area (Å²) < 4.78 is 1.97. The molecular formula is C26H32N4O2. The van der Waals surface area contributed by atoms with E-state index in [1.54, 1.807) is 12.1 Å². The third kappa shape index (κ3) is 5.19. The van der Waals surface area contributed by atoms with E-state index in [2.05, 4.69) is 23.3 Å². The number of hydrogen-bond donors (Lipinski definition) is 2. The molecule has 1 aliphatic rings. The molecule has 32 heavy (non-hydrogen) atoms. The Balaban J connectivity index is 1.40. The van der Waals surface area contributed by atoms with Crippen LogP contribution >= 0.6 is 0 Å².